The summed E-state index contributed by atoms with van der Waals surface area (Å²) in [5.41, 5.74) is 1.52. The minimum atomic E-state index is -0.705. The zero-order valence-electron chi connectivity index (χ0n) is 16.6. The molecule has 2 aromatic carbocycles. The molecule has 2 aromatic heterocycles. The summed E-state index contributed by atoms with van der Waals surface area (Å²) >= 11 is 1.21. The van der Waals surface area contributed by atoms with Crippen molar-refractivity contribution in [2.75, 3.05) is 11.9 Å². The molecule has 0 radical (unpaired) electrons. The van der Waals surface area contributed by atoms with Gasteiger partial charge in [-0.2, -0.15) is 0 Å². The van der Waals surface area contributed by atoms with Crippen molar-refractivity contribution in [1.82, 2.24) is 15.0 Å². The summed E-state index contributed by atoms with van der Waals surface area (Å²) in [5.74, 6) is -0.918. The molecule has 0 aliphatic heterocycles. The van der Waals surface area contributed by atoms with Crippen LogP contribution < -0.4 is 5.32 Å². The number of aromatic nitrogens is 3. The van der Waals surface area contributed by atoms with Gasteiger partial charge in [-0.3, -0.25) is 9.59 Å². The van der Waals surface area contributed by atoms with Crippen molar-refractivity contribution in [1.29, 1.82) is 0 Å². The Bertz CT molecular complexity index is 1240. The highest BCUT2D eigenvalue weighted by Gasteiger charge is 2.16. The van der Waals surface area contributed by atoms with Gasteiger partial charge in [0.25, 0.3) is 5.91 Å². The van der Waals surface area contributed by atoms with E-state index in [-0.39, 0.29) is 17.4 Å². The highest BCUT2D eigenvalue weighted by Crippen LogP contribution is 2.20. The zero-order valence-corrected chi connectivity index (χ0v) is 17.4. The summed E-state index contributed by atoms with van der Waals surface area (Å²) in [5, 5.41) is 4.77. The molecule has 0 unspecified atom stereocenters. The second-order valence-electron chi connectivity index (χ2n) is 6.51. The minimum absolute atomic E-state index is 0.0872. The smallest absolute Gasteiger partial charge is 0.358 e. The van der Waals surface area contributed by atoms with Crippen molar-refractivity contribution in [2.45, 2.75) is 0 Å². The molecule has 158 valence electrons. The Morgan fingerprint density at radius 1 is 0.875 bits per heavy atom. The van der Waals surface area contributed by atoms with Gasteiger partial charge in [-0.05, 0) is 42.5 Å². The lowest BCUT2D eigenvalue weighted by molar-refractivity contribution is 0.0470. The molecule has 1 amide bonds. The van der Waals surface area contributed by atoms with Crippen molar-refractivity contribution >= 4 is 34.7 Å². The lowest BCUT2D eigenvalue weighted by Gasteiger charge is -2.07. The summed E-state index contributed by atoms with van der Waals surface area (Å²) in [6.07, 6.45) is 3.16. The van der Waals surface area contributed by atoms with E-state index in [0.29, 0.717) is 27.6 Å². The number of ether oxygens (including phenoxy) is 1. The van der Waals surface area contributed by atoms with Gasteiger partial charge in [-0.15, -0.1) is 11.3 Å². The van der Waals surface area contributed by atoms with Crippen molar-refractivity contribution < 1.29 is 19.1 Å². The summed E-state index contributed by atoms with van der Waals surface area (Å²) in [4.78, 5) is 49.1. The van der Waals surface area contributed by atoms with Crippen LogP contribution in [0.2, 0.25) is 0 Å². The second kappa shape index (κ2) is 9.71. The van der Waals surface area contributed by atoms with Gasteiger partial charge in [-0.25, -0.2) is 19.7 Å². The summed E-state index contributed by atoms with van der Waals surface area (Å²) < 4.78 is 5.09. The van der Waals surface area contributed by atoms with E-state index < -0.39 is 12.6 Å². The highest BCUT2D eigenvalue weighted by molar-refractivity contribution is 7.13. The van der Waals surface area contributed by atoms with Gasteiger partial charge in [0.15, 0.2) is 28.9 Å². The maximum absolute atomic E-state index is 12.4. The molecule has 0 aliphatic carbocycles. The van der Waals surface area contributed by atoms with Crippen LogP contribution in [0.15, 0.2) is 78.4 Å². The minimum Gasteiger partial charge on any atom is -0.453 e. The van der Waals surface area contributed by atoms with Crippen LogP contribution in [0.4, 0.5) is 5.69 Å². The fourth-order valence-electron chi connectivity index (χ4n) is 2.70. The van der Waals surface area contributed by atoms with Crippen molar-refractivity contribution in [2.24, 2.45) is 0 Å². The van der Waals surface area contributed by atoms with E-state index in [1.165, 1.54) is 16.7 Å². The van der Waals surface area contributed by atoms with Crippen LogP contribution in [0, 0.1) is 0 Å². The maximum atomic E-state index is 12.4. The van der Waals surface area contributed by atoms with Crippen LogP contribution in [0.1, 0.15) is 31.2 Å². The third-order valence-corrected chi connectivity index (χ3v) is 5.14. The van der Waals surface area contributed by atoms with Gasteiger partial charge in [0, 0.05) is 34.6 Å². The van der Waals surface area contributed by atoms with Crippen LogP contribution >= 0.6 is 11.3 Å². The van der Waals surface area contributed by atoms with Gasteiger partial charge in [0.05, 0.1) is 0 Å². The van der Waals surface area contributed by atoms with E-state index in [1.807, 2.05) is 6.07 Å². The average Bonchev–Trinajstić information content (AvgIpc) is 3.34. The van der Waals surface area contributed by atoms with Crippen LogP contribution in [-0.4, -0.2) is 39.2 Å². The molecule has 0 bridgehead atoms. The van der Waals surface area contributed by atoms with E-state index in [4.69, 9.17) is 4.74 Å². The molecule has 0 atom stereocenters. The van der Waals surface area contributed by atoms with Gasteiger partial charge >= 0.3 is 5.97 Å². The molecule has 0 saturated carbocycles. The first-order valence-electron chi connectivity index (χ1n) is 9.50. The molecular formula is C23H16N4O4S. The number of hydrogen-bond donors (Lipinski definition) is 1. The first-order valence-corrected chi connectivity index (χ1v) is 10.4. The number of benzene rings is 2. The number of ketones is 1. The number of carbonyl (C=O) groups excluding carboxylic acids is 3. The number of esters is 1. The van der Waals surface area contributed by atoms with Crippen LogP contribution in [0.25, 0.3) is 10.8 Å². The summed E-state index contributed by atoms with van der Waals surface area (Å²) in [6.45, 7) is -0.427. The Hall–Kier alpha value is -4.24. The number of Topliss-reactive ketones (excluding diaryl/α,β-unsaturated/α-hetero) is 1. The van der Waals surface area contributed by atoms with Gasteiger partial charge in [-0.1, -0.05) is 18.2 Å². The monoisotopic (exact) mass is 444 g/mol. The van der Waals surface area contributed by atoms with E-state index in [0.717, 1.165) is 0 Å². The Balaban J connectivity index is 1.32. The van der Waals surface area contributed by atoms with Gasteiger partial charge in [0.2, 0.25) is 0 Å². The first-order chi connectivity index (χ1) is 15.6. The fourth-order valence-corrected chi connectivity index (χ4v) is 3.43. The number of thiazole rings is 1. The Labute approximate surface area is 187 Å². The SMILES string of the molecule is O=C(COC(=O)c1csc(-c2ncccn2)n1)c1ccc(NC(=O)c2ccccc2)cc1. The van der Waals surface area contributed by atoms with Crippen LogP contribution in [0.3, 0.4) is 0 Å². The highest BCUT2D eigenvalue weighted by atomic mass is 32.1. The van der Waals surface area contributed by atoms with Crippen molar-refractivity contribution in [3.05, 3.63) is 95.3 Å². The molecule has 0 saturated heterocycles. The topological polar surface area (TPSA) is 111 Å². The quantitative estimate of drug-likeness (QED) is 0.340. The Morgan fingerprint density at radius 3 is 2.31 bits per heavy atom. The maximum Gasteiger partial charge on any atom is 0.358 e. The van der Waals surface area contributed by atoms with E-state index in [9.17, 15) is 14.4 Å². The molecule has 0 aliphatic rings. The molecule has 0 spiro atoms. The summed E-state index contributed by atoms with van der Waals surface area (Å²) in [6, 6.07) is 16.8. The van der Waals surface area contributed by atoms with E-state index in [1.54, 1.807) is 67.0 Å². The van der Waals surface area contributed by atoms with Crippen LogP contribution in [-0.2, 0) is 4.74 Å². The number of hydrogen-bond acceptors (Lipinski definition) is 8. The van der Waals surface area contributed by atoms with E-state index in [2.05, 4.69) is 20.3 Å². The first kappa shape index (κ1) is 21.0. The third-order valence-electron chi connectivity index (χ3n) is 4.31. The molecule has 8 nitrogen and oxygen atoms in total. The lowest BCUT2D eigenvalue weighted by Crippen LogP contribution is -2.15. The number of nitrogens with one attached hydrogen (secondary N) is 1. The van der Waals surface area contributed by atoms with Crippen molar-refractivity contribution in [3.63, 3.8) is 0 Å². The molecule has 1 N–H and O–H groups in total. The fraction of sp³-hybridized carbons (Fsp3) is 0.0435. The molecule has 32 heavy (non-hydrogen) atoms. The second-order valence-corrected chi connectivity index (χ2v) is 7.37. The Kier molecular flexibility index (Phi) is 6.38. The number of rotatable bonds is 7. The lowest BCUT2D eigenvalue weighted by atomic mass is 10.1. The third kappa shape index (κ3) is 5.08. The normalized spacial score (nSPS) is 10.4. The Morgan fingerprint density at radius 2 is 1.59 bits per heavy atom. The molecule has 4 rings (SSSR count). The largest absolute Gasteiger partial charge is 0.453 e. The summed E-state index contributed by atoms with van der Waals surface area (Å²) in [7, 11) is 0. The van der Waals surface area contributed by atoms with Gasteiger partial charge < -0.3 is 10.1 Å². The molecule has 2 heterocycles. The molecule has 9 heteroatoms. The van der Waals surface area contributed by atoms with Crippen LogP contribution in [0.5, 0.6) is 0 Å². The molecular weight excluding hydrogens is 428 g/mol. The van der Waals surface area contributed by atoms with Gasteiger partial charge in [0.1, 0.15) is 0 Å². The predicted molar refractivity (Wildman–Crippen MR) is 119 cm³/mol. The number of nitrogens with zero attached hydrogens (tertiary/aromatic N) is 3. The number of amides is 1. The van der Waals surface area contributed by atoms with Crippen molar-refractivity contribution in [3.8, 4) is 10.8 Å². The van der Waals surface area contributed by atoms with E-state index >= 15 is 0 Å². The predicted octanol–water partition coefficient (Wildman–Crippen LogP) is 3.89. The average molecular weight is 444 g/mol. The number of anilines is 1. The number of carbonyl (C=O) groups is 3. The standard InChI is InChI=1S/C23H16N4O4S/c28-19(13-31-23(30)18-14-32-22(27-18)20-24-11-4-12-25-20)15-7-9-17(10-8-15)26-21(29)16-5-2-1-3-6-16/h1-12,14H,13H2,(H,26,29). The zero-order chi connectivity index (χ0) is 22.3. The molecule has 4 aromatic rings. The molecule has 0 fully saturated rings.